The molecule has 2 rings (SSSR count). The van der Waals surface area contributed by atoms with Gasteiger partial charge in [0, 0.05) is 25.5 Å². The molecule has 1 heterocycles. The number of thioether (sulfide) groups is 1. The van der Waals surface area contributed by atoms with Crippen LogP contribution in [-0.2, 0) is 10.0 Å². The molecule has 2 aromatic rings. The average Bonchev–Trinajstić information content (AvgIpc) is 2.96. The summed E-state index contributed by atoms with van der Waals surface area (Å²) in [6.07, 6.45) is 0.588. The van der Waals surface area contributed by atoms with Crippen molar-refractivity contribution in [3.63, 3.8) is 0 Å². The molecule has 6 nitrogen and oxygen atoms in total. The van der Waals surface area contributed by atoms with Crippen molar-refractivity contribution in [3.05, 3.63) is 29.3 Å². The standard InChI is InChI=1S/C15H22N4O2S3/c1-11-7-5-8-13(12(11)2)16-14-17-18-15(23-14)22-9-6-10-24(20,21)19(3)4/h5,7-8H,6,9-10H2,1-4H3,(H,16,17). The summed E-state index contributed by atoms with van der Waals surface area (Å²) in [7, 11) is -0.0139. The Labute approximate surface area is 151 Å². The Morgan fingerprint density at radius 1 is 1.25 bits per heavy atom. The number of nitrogens with one attached hydrogen (secondary N) is 1. The van der Waals surface area contributed by atoms with Crippen LogP contribution in [0.2, 0.25) is 0 Å². The largest absolute Gasteiger partial charge is 0.330 e. The molecule has 0 saturated heterocycles. The molecule has 0 amide bonds. The summed E-state index contributed by atoms with van der Waals surface area (Å²) in [5.41, 5.74) is 3.44. The van der Waals surface area contributed by atoms with E-state index >= 15 is 0 Å². The minimum Gasteiger partial charge on any atom is -0.330 e. The van der Waals surface area contributed by atoms with Gasteiger partial charge in [-0.2, -0.15) is 0 Å². The Kier molecular flexibility index (Phi) is 6.62. The summed E-state index contributed by atoms with van der Waals surface area (Å²) < 4.78 is 25.5. The highest BCUT2D eigenvalue weighted by Gasteiger charge is 2.13. The van der Waals surface area contributed by atoms with E-state index in [1.54, 1.807) is 14.1 Å². The second-order valence-electron chi connectivity index (χ2n) is 5.55. The molecule has 0 aliphatic heterocycles. The lowest BCUT2D eigenvalue weighted by Crippen LogP contribution is -2.25. The number of hydrogen-bond acceptors (Lipinski definition) is 7. The van der Waals surface area contributed by atoms with Crippen molar-refractivity contribution in [2.75, 3.05) is 30.9 Å². The fraction of sp³-hybridized carbons (Fsp3) is 0.467. The van der Waals surface area contributed by atoms with Crippen LogP contribution in [0.3, 0.4) is 0 Å². The van der Waals surface area contributed by atoms with Gasteiger partial charge < -0.3 is 5.32 Å². The molecular weight excluding hydrogens is 364 g/mol. The zero-order valence-electron chi connectivity index (χ0n) is 14.2. The summed E-state index contributed by atoms with van der Waals surface area (Å²) in [6, 6.07) is 6.10. The van der Waals surface area contributed by atoms with E-state index < -0.39 is 10.0 Å². The van der Waals surface area contributed by atoms with Crippen molar-refractivity contribution in [3.8, 4) is 0 Å². The third kappa shape index (κ3) is 5.17. The first-order valence-corrected chi connectivity index (χ1v) is 10.9. The molecule has 0 aliphatic carbocycles. The highest BCUT2D eigenvalue weighted by atomic mass is 32.2. The van der Waals surface area contributed by atoms with Gasteiger partial charge in [-0.25, -0.2) is 12.7 Å². The Balaban J connectivity index is 1.86. The SMILES string of the molecule is Cc1cccc(Nc2nnc(SCCCS(=O)(=O)N(C)C)s2)c1C. The number of nitrogens with zero attached hydrogens (tertiary/aromatic N) is 3. The molecular formula is C15H22N4O2S3. The maximum atomic E-state index is 11.7. The number of aryl methyl sites for hydroxylation is 1. The average molecular weight is 387 g/mol. The van der Waals surface area contributed by atoms with E-state index in [2.05, 4.69) is 35.4 Å². The third-order valence-electron chi connectivity index (χ3n) is 3.58. The molecule has 0 atom stereocenters. The van der Waals surface area contributed by atoms with Gasteiger partial charge in [0.2, 0.25) is 15.2 Å². The van der Waals surface area contributed by atoms with Crippen LogP contribution in [0.5, 0.6) is 0 Å². The van der Waals surface area contributed by atoms with E-state index in [4.69, 9.17) is 0 Å². The highest BCUT2D eigenvalue weighted by Crippen LogP contribution is 2.29. The van der Waals surface area contributed by atoms with Crippen molar-refractivity contribution in [2.45, 2.75) is 24.6 Å². The van der Waals surface area contributed by atoms with Gasteiger partial charge >= 0.3 is 0 Å². The lowest BCUT2D eigenvalue weighted by molar-refractivity contribution is 0.520. The van der Waals surface area contributed by atoms with E-state index in [9.17, 15) is 8.42 Å². The monoisotopic (exact) mass is 386 g/mol. The minimum atomic E-state index is -3.12. The molecule has 0 aliphatic rings. The highest BCUT2D eigenvalue weighted by molar-refractivity contribution is 8.01. The molecule has 1 aromatic heterocycles. The first kappa shape index (κ1) is 19.2. The van der Waals surface area contributed by atoms with Crippen LogP contribution >= 0.6 is 23.1 Å². The minimum absolute atomic E-state index is 0.152. The van der Waals surface area contributed by atoms with E-state index in [1.807, 2.05) is 12.1 Å². The second kappa shape index (κ2) is 8.28. The van der Waals surface area contributed by atoms with Gasteiger partial charge in [0.25, 0.3) is 0 Å². The number of benzene rings is 1. The molecule has 9 heteroatoms. The first-order valence-electron chi connectivity index (χ1n) is 7.49. The number of rotatable bonds is 8. The molecule has 0 saturated carbocycles. The molecule has 1 N–H and O–H groups in total. The van der Waals surface area contributed by atoms with Crippen molar-refractivity contribution in [2.24, 2.45) is 0 Å². The molecule has 24 heavy (non-hydrogen) atoms. The molecule has 0 unspecified atom stereocenters. The Morgan fingerprint density at radius 3 is 2.71 bits per heavy atom. The second-order valence-corrected chi connectivity index (χ2v) is 10.2. The number of sulfonamides is 1. The maximum absolute atomic E-state index is 11.7. The van der Waals surface area contributed by atoms with Crippen molar-refractivity contribution < 1.29 is 8.42 Å². The predicted molar refractivity (Wildman–Crippen MR) is 102 cm³/mol. The molecule has 0 fully saturated rings. The number of hydrogen-bond donors (Lipinski definition) is 1. The fourth-order valence-electron chi connectivity index (χ4n) is 1.90. The molecule has 0 spiro atoms. The summed E-state index contributed by atoms with van der Waals surface area (Å²) in [4.78, 5) is 0. The van der Waals surface area contributed by atoms with Crippen LogP contribution in [-0.4, -0.2) is 48.5 Å². The van der Waals surface area contributed by atoms with E-state index in [1.165, 1.54) is 38.5 Å². The van der Waals surface area contributed by atoms with Crippen LogP contribution in [0.4, 0.5) is 10.8 Å². The number of anilines is 2. The van der Waals surface area contributed by atoms with Gasteiger partial charge in [-0.05, 0) is 37.5 Å². The molecule has 0 bridgehead atoms. The van der Waals surface area contributed by atoms with Crippen LogP contribution < -0.4 is 5.32 Å². The van der Waals surface area contributed by atoms with Crippen LogP contribution in [0.25, 0.3) is 0 Å². The van der Waals surface area contributed by atoms with Crippen LogP contribution in [0, 0.1) is 13.8 Å². The van der Waals surface area contributed by atoms with Gasteiger partial charge in [0.1, 0.15) is 0 Å². The summed E-state index contributed by atoms with van der Waals surface area (Å²) >= 11 is 3.01. The van der Waals surface area contributed by atoms with Crippen LogP contribution in [0.15, 0.2) is 22.5 Å². The first-order chi connectivity index (χ1) is 11.3. The maximum Gasteiger partial charge on any atom is 0.213 e. The van der Waals surface area contributed by atoms with Gasteiger partial charge in [-0.1, -0.05) is 35.2 Å². The van der Waals surface area contributed by atoms with E-state index in [0.29, 0.717) is 12.2 Å². The molecule has 0 radical (unpaired) electrons. The topological polar surface area (TPSA) is 75.2 Å². The summed E-state index contributed by atoms with van der Waals surface area (Å²) in [5, 5.41) is 12.3. The zero-order chi connectivity index (χ0) is 17.7. The Hall–Kier alpha value is -1.16. The van der Waals surface area contributed by atoms with Gasteiger partial charge in [0.05, 0.1) is 5.75 Å². The van der Waals surface area contributed by atoms with Gasteiger partial charge in [-0.15, -0.1) is 10.2 Å². The van der Waals surface area contributed by atoms with E-state index in [0.717, 1.165) is 15.2 Å². The van der Waals surface area contributed by atoms with Gasteiger partial charge in [-0.3, -0.25) is 0 Å². The van der Waals surface area contributed by atoms with Crippen molar-refractivity contribution in [1.29, 1.82) is 0 Å². The Morgan fingerprint density at radius 2 is 2.00 bits per heavy atom. The zero-order valence-corrected chi connectivity index (χ0v) is 16.7. The van der Waals surface area contributed by atoms with Crippen molar-refractivity contribution >= 4 is 43.9 Å². The molecule has 132 valence electrons. The lowest BCUT2D eigenvalue weighted by atomic mass is 10.1. The normalized spacial score (nSPS) is 11.9. The summed E-state index contributed by atoms with van der Waals surface area (Å²) in [5.74, 6) is 0.852. The summed E-state index contributed by atoms with van der Waals surface area (Å²) in [6.45, 7) is 4.14. The lowest BCUT2D eigenvalue weighted by Gasteiger charge is -2.10. The predicted octanol–water partition coefficient (Wildman–Crippen LogP) is 3.27. The molecule has 1 aromatic carbocycles. The van der Waals surface area contributed by atoms with Gasteiger partial charge in [0.15, 0.2) is 4.34 Å². The fourth-order valence-corrected chi connectivity index (χ4v) is 4.73. The smallest absolute Gasteiger partial charge is 0.213 e. The van der Waals surface area contributed by atoms with E-state index in [-0.39, 0.29) is 5.75 Å². The van der Waals surface area contributed by atoms with Crippen LogP contribution in [0.1, 0.15) is 17.5 Å². The number of aromatic nitrogens is 2. The van der Waals surface area contributed by atoms with Crippen molar-refractivity contribution in [1.82, 2.24) is 14.5 Å². The third-order valence-corrected chi connectivity index (χ3v) is 7.56. The quantitative estimate of drug-likeness (QED) is 0.554. The Bertz CT molecular complexity index is 788.